The van der Waals surface area contributed by atoms with E-state index in [0.717, 1.165) is 11.3 Å². The summed E-state index contributed by atoms with van der Waals surface area (Å²) >= 11 is 0. The lowest BCUT2D eigenvalue weighted by Gasteiger charge is -2.13. The third-order valence-electron chi connectivity index (χ3n) is 2.08. The van der Waals surface area contributed by atoms with Crippen molar-refractivity contribution in [3.8, 4) is 5.75 Å². The van der Waals surface area contributed by atoms with E-state index in [1.165, 1.54) is 0 Å². The molecule has 1 rings (SSSR count). The van der Waals surface area contributed by atoms with Gasteiger partial charge in [0.1, 0.15) is 5.75 Å². The Bertz CT molecular complexity index is 278. The molecule has 0 saturated carbocycles. The summed E-state index contributed by atoms with van der Waals surface area (Å²) in [4.78, 5) is 4.52. The third kappa shape index (κ3) is 2.70. The Morgan fingerprint density at radius 3 is 2.86 bits per heavy atom. The first kappa shape index (κ1) is 11.0. The molecule has 1 atom stereocenters. The monoisotopic (exact) mass is 197 g/mol. The number of hydrogen-bond donors (Lipinski definition) is 2. The molecule has 3 N–H and O–H groups in total. The molecule has 0 bridgehead atoms. The zero-order valence-electron chi connectivity index (χ0n) is 8.14. The van der Waals surface area contributed by atoms with Crippen molar-refractivity contribution in [2.75, 3.05) is 20.3 Å². The summed E-state index contributed by atoms with van der Waals surface area (Å²) < 4.78 is 5.07. The average molecular weight is 197 g/mol. The van der Waals surface area contributed by atoms with Gasteiger partial charge >= 0.3 is 0 Å². The van der Waals surface area contributed by atoms with Crippen LogP contribution < -0.4 is 10.6 Å². The van der Waals surface area contributed by atoms with Crippen LogP contribution in [0.4, 0.5) is 0 Å². The molecule has 0 aliphatic heterocycles. The Morgan fingerprint density at radius 2 is 2.29 bits per heavy atom. The fourth-order valence-corrected chi connectivity index (χ4v) is 1.27. The van der Waals surface area contributed by atoms with Crippen LogP contribution in [0.3, 0.4) is 0 Å². The summed E-state index contributed by atoms with van der Waals surface area (Å²) in [6.45, 7) is 0.300. The third-order valence-corrected chi connectivity index (χ3v) is 2.08. The summed E-state index contributed by atoms with van der Waals surface area (Å²) in [6, 6.07) is 7.48. The molecular weight excluding hydrogens is 182 g/mol. The highest BCUT2D eigenvalue weighted by atomic mass is 16.6. The zero-order valence-corrected chi connectivity index (χ0v) is 8.14. The number of ether oxygens (including phenoxy) is 1. The predicted molar refractivity (Wildman–Crippen MR) is 53.0 cm³/mol. The lowest BCUT2D eigenvalue weighted by Crippen LogP contribution is -2.14. The molecule has 0 amide bonds. The van der Waals surface area contributed by atoms with E-state index in [-0.39, 0.29) is 12.5 Å². The second-order valence-corrected chi connectivity index (χ2v) is 2.99. The number of benzene rings is 1. The summed E-state index contributed by atoms with van der Waals surface area (Å²) in [5.41, 5.74) is 0.956. The molecule has 0 saturated heterocycles. The molecule has 0 aliphatic rings. The second-order valence-electron chi connectivity index (χ2n) is 2.99. The molecule has 14 heavy (non-hydrogen) atoms. The largest absolute Gasteiger partial charge is 0.497 e. The van der Waals surface area contributed by atoms with Crippen LogP contribution in [-0.4, -0.2) is 25.4 Å². The first-order valence-corrected chi connectivity index (χ1v) is 4.38. The molecule has 1 aromatic rings. The molecule has 1 aromatic carbocycles. The van der Waals surface area contributed by atoms with Gasteiger partial charge in [-0.1, -0.05) is 12.1 Å². The van der Waals surface area contributed by atoms with Crippen LogP contribution in [0.2, 0.25) is 0 Å². The van der Waals surface area contributed by atoms with E-state index in [1.807, 2.05) is 24.3 Å². The van der Waals surface area contributed by atoms with Gasteiger partial charge in [0.25, 0.3) is 0 Å². The first-order chi connectivity index (χ1) is 6.81. The Kier molecular flexibility index (Phi) is 4.39. The minimum absolute atomic E-state index is 0.00433. The molecule has 0 aromatic heterocycles. The van der Waals surface area contributed by atoms with Gasteiger partial charge in [-0.05, 0) is 17.7 Å². The SMILES string of the molecule is COc1cccc(C(CO)CON)c1. The second kappa shape index (κ2) is 5.59. The fourth-order valence-electron chi connectivity index (χ4n) is 1.27. The van der Waals surface area contributed by atoms with E-state index in [4.69, 9.17) is 15.7 Å². The Balaban J connectivity index is 2.80. The van der Waals surface area contributed by atoms with Crippen molar-refractivity contribution in [1.82, 2.24) is 0 Å². The number of hydrogen-bond acceptors (Lipinski definition) is 4. The van der Waals surface area contributed by atoms with Crippen LogP contribution in [-0.2, 0) is 4.84 Å². The molecule has 0 fully saturated rings. The van der Waals surface area contributed by atoms with Crippen LogP contribution in [0.1, 0.15) is 11.5 Å². The molecule has 0 aliphatic carbocycles. The normalized spacial score (nSPS) is 12.5. The number of methoxy groups -OCH3 is 1. The summed E-state index contributed by atoms with van der Waals surface area (Å²) in [7, 11) is 1.60. The van der Waals surface area contributed by atoms with E-state index in [0.29, 0.717) is 6.61 Å². The van der Waals surface area contributed by atoms with Gasteiger partial charge in [-0.25, -0.2) is 5.90 Å². The van der Waals surface area contributed by atoms with Gasteiger partial charge in [-0.15, -0.1) is 0 Å². The van der Waals surface area contributed by atoms with Crippen LogP contribution in [0.25, 0.3) is 0 Å². The minimum Gasteiger partial charge on any atom is -0.497 e. The first-order valence-electron chi connectivity index (χ1n) is 4.38. The molecule has 78 valence electrons. The maximum atomic E-state index is 9.10. The highest BCUT2D eigenvalue weighted by Gasteiger charge is 2.10. The number of aliphatic hydroxyl groups is 1. The number of aliphatic hydroxyl groups excluding tert-OH is 1. The summed E-state index contributed by atoms with van der Waals surface area (Å²) in [5.74, 6) is 5.63. The van der Waals surface area contributed by atoms with Crippen molar-refractivity contribution in [2.24, 2.45) is 5.90 Å². The van der Waals surface area contributed by atoms with Gasteiger partial charge in [-0.2, -0.15) is 0 Å². The highest BCUT2D eigenvalue weighted by molar-refractivity contribution is 5.30. The van der Waals surface area contributed by atoms with Crippen LogP contribution in [0.5, 0.6) is 5.75 Å². The molecule has 0 heterocycles. The lowest BCUT2D eigenvalue weighted by atomic mass is 10.0. The quantitative estimate of drug-likeness (QED) is 0.681. The van der Waals surface area contributed by atoms with Crippen molar-refractivity contribution in [2.45, 2.75) is 5.92 Å². The van der Waals surface area contributed by atoms with Gasteiger partial charge < -0.3 is 14.7 Å². The average Bonchev–Trinajstić information content (AvgIpc) is 2.26. The molecule has 0 spiro atoms. The standard InChI is InChI=1S/C10H15NO3/c1-13-10-4-2-3-8(5-10)9(6-12)7-14-11/h2-5,9,12H,6-7,11H2,1H3. The van der Waals surface area contributed by atoms with Crippen LogP contribution in [0, 0.1) is 0 Å². The van der Waals surface area contributed by atoms with Gasteiger partial charge in [-0.3, -0.25) is 0 Å². The molecule has 0 radical (unpaired) electrons. The van der Waals surface area contributed by atoms with E-state index >= 15 is 0 Å². The van der Waals surface area contributed by atoms with Crippen molar-refractivity contribution >= 4 is 0 Å². The van der Waals surface area contributed by atoms with Crippen LogP contribution in [0.15, 0.2) is 24.3 Å². The lowest BCUT2D eigenvalue weighted by molar-refractivity contribution is 0.101. The minimum atomic E-state index is -0.102. The van der Waals surface area contributed by atoms with Crippen molar-refractivity contribution in [3.05, 3.63) is 29.8 Å². The molecule has 4 heteroatoms. The summed E-state index contributed by atoms with van der Waals surface area (Å²) in [6.07, 6.45) is 0. The van der Waals surface area contributed by atoms with E-state index in [1.54, 1.807) is 7.11 Å². The fraction of sp³-hybridized carbons (Fsp3) is 0.400. The van der Waals surface area contributed by atoms with Gasteiger partial charge in [0.05, 0.1) is 20.3 Å². The molecule has 4 nitrogen and oxygen atoms in total. The van der Waals surface area contributed by atoms with E-state index in [9.17, 15) is 0 Å². The predicted octanol–water partition coefficient (Wildman–Crippen LogP) is 0.661. The van der Waals surface area contributed by atoms with Crippen LogP contribution >= 0.6 is 0 Å². The number of rotatable bonds is 5. The molecule has 1 unspecified atom stereocenters. The summed E-state index contributed by atoms with van der Waals surface area (Å²) in [5, 5.41) is 9.10. The van der Waals surface area contributed by atoms with Gasteiger partial charge in [0.15, 0.2) is 0 Å². The Labute approximate surface area is 83.2 Å². The zero-order chi connectivity index (χ0) is 10.4. The smallest absolute Gasteiger partial charge is 0.119 e. The highest BCUT2D eigenvalue weighted by Crippen LogP contribution is 2.20. The van der Waals surface area contributed by atoms with Crippen molar-refractivity contribution in [3.63, 3.8) is 0 Å². The Morgan fingerprint density at radius 1 is 1.50 bits per heavy atom. The van der Waals surface area contributed by atoms with Crippen molar-refractivity contribution < 1.29 is 14.7 Å². The van der Waals surface area contributed by atoms with E-state index in [2.05, 4.69) is 4.84 Å². The van der Waals surface area contributed by atoms with Crippen molar-refractivity contribution in [1.29, 1.82) is 0 Å². The number of nitrogens with two attached hydrogens (primary N) is 1. The maximum absolute atomic E-state index is 9.10. The van der Waals surface area contributed by atoms with Gasteiger partial charge in [0.2, 0.25) is 0 Å². The van der Waals surface area contributed by atoms with Gasteiger partial charge in [0, 0.05) is 5.92 Å². The van der Waals surface area contributed by atoms with E-state index < -0.39 is 0 Å². The topological polar surface area (TPSA) is 64.7 Å². The Hall–Kier alpha value is -1.10. The maximum Gasteiger partial charge on any atom is 0.119 e. The molecular formula is C10H15NO3.